The number of carbonyl (C=O) groups excluding carboxylic acids is 2. The number of carbonyl (C=O) groups is 2. The van der Waals surface area contributed by atoms with Crippen LogP contribution in [0.2, 0.25) is 0 Å². The van der Waals surface area contributed by atoms with Gasteiger partial charge in [-0.2, -0.15) is 0 Å². The predicted octanol–water partition coefficient (Wildman–Crippen LogP) is 2.83. The van der Waals surface area contributed by atoms with Crippen LogP contribution in [0.3, 0.4) is 0 Å². The van der Waals surface area contributed by atoms with Crippen molar-refractivity contribution < 1.29 is 9.59 Å². The Morgan fingerprint density at radius 2 is 1.52 bits per heavy atom. The highest BCUT2D eigenvalue weighted by Gasteiger charge is 2.13. The molecule has 0 aliphatic rings. The molecule has 0 heterocycles. The van der Waals surface area contributed by atoms with Crippen LogP contribution in [0.4, 0.5) is 5.69 Å². The van der Waals surface area contributed by atoms with Crippen molar-refractivity contribution in [3.8, 4) is 0 Å². The van der Waals surface area contributed by atoms with Crippen LogP contribution in [-0.4, -0.2) is 17.9 Å². The minimum atomic E-state index is -0.235. The van der Waals surface area contributed by atoms with E-state index in [1.54, 1.807) is 12.1 Å². The van der Waals surface area contributed by atoms with Gasteiger partial charge in [0.2, 0.25) is 5.91 Å². The fourth-order valence-electron chi connectivity index (χ4n) is 1.96. The highest BCUT2D eigenvalue weighted by Crippen LogP contribution is 2.06. The number of rotatable bonds is 5. The number of benzene rings is 2. The van der Waals surface area contributed by atoms with Crippen LogP contribution in [0.1, 0.15) is 23.7 Å². The standard InChI is InChI=1S/C17H18N2O2/c1-13(18-17(21)14-8-4-2-5-9-14)12-16(20)19-15-10-6-3-7-11-15/h2-11,13H,12H2,1H3,(H,18,21)(H,19,20). The normalized spacial score (nSPS) is 11.5. The molecule has 0 spiro atoms. The quantitative estimate of drug-likeness (QED) is 0.886. The molecule has 4 heteroatoms. The summed E-state index contributed by atoms with van der Waals surface area (Å²) in [4.78, 5) is 23.8. The Morgan fingerprint density at radius 1 is 0.952 bits per heavy atom. The first-order valence-corrected chi connectivity index (χ1v) is 6.86. The Labute approximate surface area is 124 Å². The molecule has 0 radical (unpaired) electrons. The van der Waals surface area contributed by atoms with Crippen molar-refractivity contribution in [2.75, 3.05) is 5.32 Å². The van der Waals surface area contributed by atoms with Gasteiger partial charge < -0.3 is 10.6 Å². The molecule has 2 aromatic carbocycles. The van der Waals surface area contributed by atoms with Gasteiger partial charge >= 0.3 is 0 Å². The maximum atomic E-state index is 12.0. The fraction of sp³-hybridized carbons (Fsp3) is 0.176. The van der Waals surface area contributed by atoms with E-state index < -0.39 is 0 Å². The third-order valence-corrected chi connectivity index (χ3v) is 2.96. The SMILES string of the molecule is CC(CC(=O)Nc1ccccc1)NC(=O)c1ccccc1. The minimum absolute atomic E-state index is 0.123. The van der Waals surface area contributed by atoms with E-state index >= 15 is 0 Å². The lowest BCUT2D eigenvalue weighted by Gasteiger charge is -2.14. The van der Waals surface area contributed by atoms with E-state index in [1.807, 2.05) is 55.5 Å². The Kier molecular flexibility index (Phi) is 5.10. The summed E-state index contributed by atoms with van der Waals surface area (Å²) in [5.74, 6) is -0.294. The van der Waals surface area contributed by atoms with E-state index in [1.165, 1.54) is 0 Å². The molecule has 0 saturated carbocycles. The van der Waals surface area contributed by atoms with Gasteiger partial charge in [0.05, 0.1) is 0 Å². The number of hydrogen-bond acceptors (Lipinski definition) is 2. The average Bonchev–Trinajstić information content (AvgIpc) is 2.48. The van der Waals surface area contributed by atoms with Crippen molar-refractivity contribution in [3.63, 3.8) is 0 Å². The fourth-order valence-corrected chi connectivity index (χ4v) is 1.96. The molecule has 2 N–H and O–H groups in total. The summed E-state index contributed by atoms with van der Waals surface area (Å²) >= 11 is 0. The van der Waals surface area contributed by atoms with Crippen molar-refractivity contribution in [1.29, 1.82) is 0 Å². The number of anilines is 1. The van der Waals surface area contributed by atoms with E-state index in [-0.39, 0.29) is 24.3 Å². The first kappa shape index (κ1) is 14.8. The maximum absolute atomic E-state index is 12.0. The lowest BCUT2D eigenvalue weighted by Crippen LogP contribution is -2.35. The molecule has 0 aliphatic heterocycles. The Bertz CT molecular complexity index is 597. The molecular weight excluding hydrogens is 264 g/mol. The zero-order valence-electron chi connectivity index (χ0n) is 11.9. The Balaban J connectivity index is 1.83. The largest absolute Gasteiger partial charge is 0.349 e. The summed E-state index contributed by atoms with van der Waals surface area (Å²) in [7, 11) is 0. The van der Waals surface area contributed by atoms with E-state index in [4.69, 9.17) is 0 Å². The second-order valence-electron chi connectivity index (χ2n) is 4.86. The molecule has 0 aromatic heterocycles. The third-order valence-electron chi connectivity index (χ3n) is 2.96. The van der Waals surface area contributed by atoms with Crippen LogP contribution in [0, 0.1) is 0 Å². The van der Waals surface area contributed by atoms with Crippen molar-refractivity contribution >= 4 is 17.5 Å². The van der Waals surface area contributed by atoms with Gasteiger partial charge in [-0.1, -0.05) is 36.4 Å². The molecule has 2 rings (SSSR count). The van der Waals surface area contributed by atoms with Crippen LogP contribution >= 0.6 is 0 Å². The van der Waals surface area contributed by atoms with Crippen LogP contribution in [0.5, 0.6) is 0 Å². The highest BCUT2D eigenvalue weighted by molar-refractivity contribution is 5.95. The first-order chi connectivity index (χ1) is 10.1. The molecule has 0 aliphatic carbocycles. The zero-order valence-corrected chi connectivity index (χ0v) is 11.9. The third kappa shape index (κ3) is 4.76. The summed E-state index contributed by atoms with van der Waals surface area (Å²) in [6.07, 6.45) is 0.230. The van der Waals surface area contributed by atoms with Gasteiger partial charge in [0.15, 0.2) is 0 Å². The lowest BCUT2D eigenvalue weighted by molar-refractivity contribution is -0.116. The highest BCUT2D eigenvalue weighted by atomic mass is 16.2. The summed E-state index contributed by atoms with van der Waals surface area (Å²) in [6, 6.07) is 18.0. The molecule has 0 bridgehead atoms. The number of para-hydroxylation sites is 1. The number of nitrogens with one attached hydrogen (secondary N) is 2. The van der Waals surface area contributed by atoms with Gasteiger partial charge in [-0.15, -0.1) is 0 Å². The predicted molar refractivity (Wildman–Crippen MR) is 83.1 cm³/mol. The van der Waals surface area contributed by atoms with Gasteiger partial charge in [0, 0.05) is 23.7 Å². The van der Waals surface area contributed by atoms with Crippen molar-refractivity contribution in [2.45, 2.75) is 19.4 Å². The summed E-state index contributed by atoms with van der Waals surface area (Å²) in [6.45, 7) is 1.81. The molecule has 2 aromatic rings. The first-order valence-electron chi connectivity index (χ1n) is 6.86. The van der Waals surface area contributed by atoms with E-state index in [9.17, 15) is 9.59 Å². The molecule has 1 unspecified atom stereocenters. The van der Waals surface area contributed by atoms with E-state index in [0.717, 1.165) is 5.69 Å². The van der Waals surface area contributed by atoms with Crippen molar-refractivity contribution in [2.24, 2.45) is 0 Å². The monoisotopic (exact) mass is 282 g/mol. The smallest absolute Gasteiger partial charge is 0.251 e. The number of hydrogen-bond donors (Lipinski definition) is 2. The van der Waals surface area contributed by atoms with Gasteiger partial charge in [0.25, 0.3) is 5.91 Å². The average molecular weight is 282 g/mol. The van der Waals surface area contributed by atoms with Gasteiger partial charge in [0.1, 0.15) is 0 Å². The Hall–Kier alpha value is -2.62. The van der Waals surface area contributed by atoms with Crippen molar-refractivity contribution in [3.05, 3.63) is 66.2 Å². The minimum Gasteiger partial charge on any atom is -0.349 e. The van der Waals surface area contributed by atoms with E-state index in [2.05, 4.69) is 10.6 Å². The second kappa shape index (κ2) is 7.24. The topological polar surface area (TPSA) is 58.2 Å². The summed E-state index contributed by atoms with van der Waals surface area (Å²) < 4.78 is 0. The van der Waals surface area contributed by atoms with Crippen LogP contribution in [-0.2, 0) is 4.79 Å². The molecule has 1 atom stereocenters. The second-order valence-corrected chi connectivity index (χ2v) is 4.86. The number of amides is 2. The van der Waals surface area contributed by atoms with E-state index in [0.29, 0.717) is 5.56 Å². The van der Waals surface area contributed by atoms with Crippen LogP contribution < -0.4 is 10.6 Å². The summed E-state index contributed by atoms with van der Waals surface area (Å²) in [5, 5.41) is 5.61. The molecular formula is C17H18N2O2. The van der Waals surface area contributed by atoms with Crippen LogP contribution in [0.25, 0.3) is 0 Å². The molecule has 0 saturated heterocycles. The molecule has 4 nitrogen and oxygen atoms in total. The summed E-state index contributed by atoms with van der Waals surface area (Å²) in [5.41, 5.74) is 1.34. The van der Waals surface area contributed by atoms with Crippen LogP contribution in [0.15, 0.2) is 60.7 Å². The van der Waals surface area contributed by atoms with Gasteiger partial charge in [-0.25, -0.2) is 0 Å². The van der Waals surface area contributed by atoms with Gasteiger partial charge in [-0.3, -0.25) is 9.59 Å². The molecule has 21 heavy (non-hydrogen) atoms. The maximum Gasteiger partial charge on any atom is 0.251 e. The molecule has 0 fully saturated rings. The van der Waals surface area contributed by atoms with Gasteiger partial charge in [-0.05, 0) is 31.2 Å². The lowest BCUT2D eigenvalue weighted by atomic mass is 10.1. The van der Waals surface area contributed by atoms with Crippen molar-refractivity contribution in [1.82, 2.24) is 5.32 Å². The molecule has 2 amide bonds. The zero-order chi connectivity index (χ0) is 15.1. The molecule has 108 valence electrons. The Morgan fingerprint density at radius 3 is 2.14 bits per heavy atom.